The van der Waals surface area contributed by atoms with Gasteiger partial charge in [0.15, 0.2) is 12.4 Å². The molecule has 2 aromatic heterocycles. The highest BCUT2D eigenvalue weighted by molar-refractivity contribution is 6.07. The summed E-state index contributed by atoms with van der Waals surface area (Å²) >= 11 is 0. The fraction of sp³-hybridized carbons (Fsp3) is 0.0938. The molecule has 6 rings (SSSR count). The molecular formula is C32H27N2+. The first kappa shape index (κ1) is 20.4. The summed E-state index contributed by atoms with van der Waals surface area (Å²) in [5.41, 5.74) is 6.54. The standard InChI is InChI=1S/C32H27N2/c1-3-11-26(12-4-1)32(27-13-5-2-6-14-27)33-22-19-25(20-23-33)21-24-34-30-17-9-7-15-28(30)29-16-8-10-18-31(29)34/h1-20,22-23,32H,21,24H2/q+1. The van der Waals surface area contributed by atoms with Gasteiger partial charge in [0.2, 0.25) is 6.04 Å². The number of fused-ring (bicyclic) bond motifs is 3. The van der Waals surface area contributed by atoms with Gasteiger partial charge in [-0.3, -0.25) is 0 Å². The molecule has 0 saturated heterocycles. The molecule has 0 atom stereocenters. The van der Waals surface area contributed by atoms with E-state index in [0.717, 1.165) is 13.0 Å². The minimum absolute atomic E-state index is 0.161. The lowest BCUT2D eigenvalue weighted by molar-refractivity contribution is -0.704. The molecule has 2 nitrogen and oxygen atoms in total. The number of aromatic nitrogens is 2. The molecule has 0 unspecified atom stereocenters. The second kappa shape index (κ2) is 8.99. The topological polar surface area (TPSA) is 8.81 Å². The van der Waals surface area contributed by atoms with Gasteiger partial charge in [-0.15, -0.1) is 0 Å². The van der Waals surface area contributed by atoms with Crippen LogP contribution in [0.15, 0.2) is 134 Å². The van der Waals surface area contributed by atoms with Gasteiger partial charge < -0.3 is 4.57 Å². The van der Waals surface area contributed by atoms with Gasteiger partial charge in [0, 0.05) is 51.6 Å². The highest BCUT2D eigenvalue weighted by Crippen LogP contribution is 2.29. The average molecular weight is 440 g/mol. The van der Waals surface area contributed by atoms with Gasteiger partial charge in [-0.25, -0.2) is 0 Å². The Bertz CT molecular complexity index is 1440. The number of aryl methyl sites for hydroxylation is 2. The first-order valence-electron chi connectivity index (χ1n) is 11.9. The van der Waals surface area contributed by atoms with Crippen molar-refractivity contribution in [2.24, 2.45) is 0 Å². The predicted octanol–water partition coefficient (Wildman–Crippen LogP) is 6.96. The van der Waals surface area contributed by atoms with E-state index in [1.807, 2.05) is 0 Å². The third-order valence-corrected chi connectivity index (χ3v) is 6.75. The fourth-order valence-corrected chi connectivity index (χ4v) is 5.10. The summed E-state index contributed by atoms with van der Waals surface area (Å²) in [6.07, 6.45) is 5.45. The Hall–Kier alpha value is -4.17. The van der Waals surface area contributed by atoms with E-state index in [1.165, 1.54) is 38.5 Å². The molecule has 0 saturated carbocycles. The van der Waals surface area contributed by atoms with Crippen molar-refractivity contribution < 1.29 is 4.57 Å². The molecule has 0 aliphatic rings. The second-order valence-corrected chi connectivity index (χ2v) is 8.81. The zero-order valence-corrected chi connectivity index (χ0v) is 19.1. The van der Waals surface area contributed by atoms with Crippen LogP contribution in [-0.2, 0) is 13.0 Å². The largest absolute Gasteiger partial charge is 0.340 e. The smallest absolute Gasteiger partial charge is 0.208 e. The summed E-state index contributed by atoms with van der Waals surface area (Å²) in [6.45, 7) is 0.957. The van der Waals surface area contributed by atoms with Gasteiger partial charge in [-0.2, -0.15) is 4.57 Å². The Labute approximate surface area is 200 Å². The molecule has 2 heterocycles. The van der Waals surface area contributed by atoms with Gasteiger partial charge in [0.05, 0.1) is 0 Å². The van der Waals surface area contributed by atoms with Crippen LogP contribution < -0.4 is 4.57 Å². The van der Waals surface area contributed by atoms with E-state index in [2.05, 4.69) is 143 Å². The van der Waals surface area contributed by atoms with Crippen molar-refractivity contribution in [3.05, 3.63) is 150 Å². The van der Waals surface area contributed by atoms with Crippen molar-refractivity contribution in [1.29, 1.82) is 0 Å². The molecule has 0 spiro atoms. The van der Waals surface area contributed by atoms with E-state index in [1.54, 1.807) is 0 Å². The SMILES string of the molecule is c1ccc(C(c2ccccc2)[n+]2ccc(CCn3c4ccccc4c4ccccc43)cc2)cc1. The van der Waals surface area contributed by atoms with Gasteiger partial charge in [-0.05, 0) is 24.1 Å². The Morgan fingerprint density at radius 3 is 1.53 bits per heavy atom. The summed E-state index contributed by atoms with van der Waals surface area (Å²) in [5.74, 6) is 0. The summed E-state index contributed by atoms with van der Waals surface area (Å²) < 4.78 is 4.77. The number of hydrogen-bond donors (Lipinski definition) is 0. The van der Waals surface area contributed by atoms with Gasteiger partial charge in [-0.1, -0.05) is 97.1 Å². The molecule has 0 aliphatic heterocycles. The molecule has 2 heteroatoms. The predicted molar refractivity (Wildman–Crippen MR) is 140 cm³/mol. The van der Waals surface area contributed by atoms with Crippen LogP contribution in [0, 0.1) is 0 Å². The van der Waals surface area contributed by atoms with Gasteiger partial charge >= 0.3 is 0 Å². The van der Waals surface area contributed by atoms with Gasteiger partial charge in [0.25, 0.3) is 0 Å². The lowest BCUT2D eigenvalue weighted by atomic mass is 9.98. The second-order valence-electron chi connectivity index (χ2n) is 8.81. The first-order chi connectivity index (χ1) is 16.9. The van der Waals surface area contributed by atoms with Crippen molar-refractivity contribution in [2.75, 3.05) is 0 Å². The van der Waals surface area contributed by atoms with E-state index >= 15 is 0 Å². The Kier molecular flexibility index (Phi) is 5.41. The molecule has 0 N–H and O–H groups in total. The molecule has 0 radical (unpaired) electrons. The van der Waals surface area contributed by atoms with Crippen LogP contribution >= 0.6 is 0 Å². The van der Waals surface area contributed by atoms with Crippen molar-refractivity contribution in [1.82, 2.24) is 4.57 Å². The molecule has 6 aromatic rings. The number of benzene rings is 4. The molecule has 0 amide bonds. The van der Waals surface area contributed by atoms with Crippen LogP contribution in [0.1, 0.15) is 22.7 Å². The lowest BCUT2D eigenvalue weighted by Gasteiger charge is -2.14. The third kappa shape index (κ3) is 3.78. The van der Waals surface area contributed by atoms with Crippen LogP contribution in [0.25, 0.3) is 21.8 Å². The summed E-state index contributed by atoms with van der Waals surface area (Å²) in [6, 6.07) is 43.6. The summed E-state index contributed by atoms with van der Waals surface area (Å²) in [4.78, 5) is 0. The summed E-state index contributed by atoms with van der Waals surface area (Å²) in [7, 11) is 0. The molecule has 0 aliphatic carbocycles. The number of nitrogens with zero attached hydrogens (tertiary/aromatic N) is 2. The molecule has 4 aromatic carbocycles. The molecule has 164 valence electrons. The van der Waals surface area contributed by atoms with E-state index in [4.69, 9.17) is 0 Å². The number of para-hydroxylation sites is 2. The Morgan fingerprint density at radius 1 is 0.529 bits per heavy atom. The van der Waals surface area contributed by atoms with Crippen molar-refractivity contribution in [3.8, 4) is 0 Å². The zero-order chi connectivity index (χ0) is 22.7. The maximum absolute atomic E-state index is 2.46. The number of pyridine rings is 1. The molecule has 0 bridgehead atoms. The lowest BCUT2D eigenvalue weighted by Crippen LogP contribution is -2.40. The van der Waals surface area contributed by atoms with Gasteiger partial charge in [0.1, 0.15) is 0 Å². The minimum atomic E-state index is 0.161. The van der Waals surface area contributed by atoms with E-state index in [9.17, 15) is 0 Å². The molecular weight excluding hydrogens is 412 g/mol. The summed E-state index contributed by atoms with van der Waals surface area (Å²) in [5, 5.41) is 2.66. The Balaban J connectivity index is 1.30. The quantitative estimate of drug-likeness (QED) is 0.248. The maximum Gasteiger partial charge on any atom is 0.208 e. The van der Waals surface area contributed by atoms with Crippen LogP contribution in [0.4, 0.5) is 0 Å². The Morgan fingerprint density at radius 2 is 1.00 bits per heavy atom. The van der Waals surface area contributed by atoms with Crippen LogP contribution in [-0.4, -0.2) is 4.57 Å². The van der Waals surface area contributed by atoms with Crippen molar-refractivity contribution in [2.45, 2.75) is 19.0 Å². The normalized spacial score (nSPS) is 11.4. The third-order valence-electron chi connectivity index (χ3n) is 6.75. The van der Waals surface area contributed by atoms with E-state index in [-0.39, 0.29) is 6.04 Å². The molecule has 0 fully saturated rings. The van der Waals surface area contributed by atoms with Crippen molar-refractivity contribution in [3.63, 3.8) is 0 Å². The minimum Gasteiger partial charge on any atom is -0.340 e. The van der Waals surface area contributed by atoms with Crippen LogP contribution in [0.5, 0.6) is 0 Å². The highest BCUT2D eigenvalue weighted by atomic mass is 15.0. The first-order valence-corrected chi connectivity index (χ1v) is 11.9. The van der Waals surface area contributed by atoms with Crippen LogP contribution in [0.2, 0.25) is 0 Å². The average Bonchev–Trinajstić information content (AvgIpc) is 3.23. The molecule has 34 heavy (non-hydrogen) atoms. The van der Waals surface area contributed by atoms with E-state index < -0.39 is 0 Å². The van der Waals surface area contributed by atoms with Crippen LogP contribution in [0.3, 0.4) is 0 Å². The monoisotopic (exact) mass is 439 g/mol. The van der Waals surface area contributed by atoms with E-state index in [0.29, 0.717) is 0 Å². The number of hydrogen-bond acceptors (Lipinski definition) is 0. The highest BCUT2D eigenvalue weighted by Gasteiger charge is 2.22. The zero-order valence-electron chi connectivity index (χ0n) is 19.1. The maximum atomic E-state index is 2.46. The van der Waals surface area contributed by atoms with Crippen molar-refractivity contribution >= 4 is 21.8 Å². The number of rotatable bonds is 6. The fourth-order valence-electron chi connectivity index (χ4n) is 5.10.